The first-order valence-corrected chi connectivity index (χ1v) is 8.24. The van der Waals surface area contributed by atoms with E-state index in [2.05, 4.69) is 15.8 Å². The van der Waals surface area contributed by atoms with Crippen molar-refractivity contribution in [3.05, 3.63) is 46.9 Å². The van der Waals surface area contributed by atoms with Gasteiger partial charge in [-0.3, -0.25) is 9.59 Å². The van der Waals surface area contributed by atoms with Gasteiger partial charge in [0, 0.05) is 6.42 Å². The van der Waals surface area contributed by atoms with E-state index in [1.54, 1.807) is 24.3 Å². The molecule has 0 radical (unpaired) electrons. The minimum absolute atomic E-state index is 0.112. The summed E-state index contributed by atoms with van der Waals surface area (Å²) >= 11 is 6.17. The van der Waals surface area contributed by atoms with Crippen molar-refractivity contribution in [2.45, 2.75) is 13.0 Å². The number of furan rings is 1. The predicted molar refractivity (Wildman–Crippen MR) is 93.4 cm³/mol. The highest BCUT2D eigenvalue weighted by atomic mass is 35.5. The van der Waals surface area contributed by atoms with Crippen molar-refractivity contribution in [3.8, 4) is 11.5 Å². The number of carbonyl (C=O) groups is 2. The van der Waals surface area contributed by atoms with Gasteiger partial charge in [-0.1, -0.05) is 11.6 Å². The quantitative estimate of drug-likeness (QED) is 0.481. The average molecular weight is 378 g/mol. The maximum atomic E-state index is 11.7. The SMILES string of the molecule is O=C(NCc1ccco1)C(=O)N/N=C\c1cc(Cl)c2c(c1)OCCCO2. The molecule has 2 aromatic rings. The molecule has 3 rings (SSSR count). The predicted octanol–water partition coefficient (Wildman–Crippen LogP) is 1.86. The van der Waals surface area contributed by atoms with Crippen molar-refractivity contribution in [2.24, 2.45) is 5.10 Å². The molecule has 1 aromatic carbocycles. The Morgan fingerprint density at radius 3 is 2.88 bits per heavy atom. The summed E-state index contributed by atoms with van der Waals surface area (Å²) in [6.07, 6.45) is 3.60. The van der Waals surface area contributed by atoms with E-state index < -0.39 is 11.8 Å². The van der Waals surface area contributed by atoms with Crippen LogP contribution >= 0.6 is 11.6 Å². The Labute approximate surface area is 154 Å². The zero-order valence-electron chi connectivity index (χ0n) is 13.7. The number of ether oxygens (including phenoxy) is 2. The van der Waals surface area contributed by atoms with Gasteiger partial charge >= 0.3 is 11.8 Å². The third-order valence-electron chi connectivity index (χ3n) is 3.41. The van der Waals surface area contributed by atoms with Gasteiger partial charge in [-0.25, -0.2) is 5.43 Å². The average Bonchev–Trinajstić information content (AvgIpc) is 3.03. The molecular formula is C17H16ClN3O5. The Bertz CT molecular complexity index is 820. The molecule has 1 aliphatic heterocycles. The number of hydrogen-bond donors (Lipinski definition) is 2. The summed E-state index contributed by atoms with van der Waals surface area (Å²) in [5, 5.41) is 6.55. The largest absolute Gasteiger partial charge is 0.489 e. The van der Waals surface area contributed by atoms with Crippen LogP contribution in [0.4, 0.5) is 0 Å². The molecule has 0 bridgehead atoms. The lowest BCUT2D eigenvalue weighted by Gasteiger charge is -2.09. The molecule has 2 amide bonds. The molecule has 1 aliphatic rings. The number of nitrogens with zero attached hydrogens (tertiary/aromatic N) is 1. The molecule has 0 aliphatic carbocycles. The molecule has 0 atom stereocenters. The second-order valence-corrected chi connectivity index (χ2v) is 5.75. The molecule has 2 N–H and O–H groups in total. The molecule has 1 aromatic heterocycles. The topological polar surface area (TPSA) is 102 Å². The Kier molecular flexibility index (Phi) is 5.75. The van der Waals surface area contributed by atoms with E-state index in [1.807, 2.05) is 0 Å². The minimum Gasteiger partial charge on any atom is -0.489 e. The van der Waals surface area contributed by atoms with Crippen LogP contribution in [0, 0.1) is 0 Å². The summed E-state index contributed by atoms with van der Waals surface area (Å²) in [5.74, 6) is -0.179. The van der Waals surface area contributed by atoms with E-state index in [9.17, 15) is 9.59 Å². The second kappa shape index (κ2) is 8.39. The van der Waals surface area contributed by atoms with E-state index in [0.717, 1.165) is 6.42 Å². The molecule has 8 nitrogen and oxygen atoms in total. The van der Waals surface area contributed by atoms with Crippen LogP contribution in [-0.4, -0.2) is 31.2 Å². The number of carbonyl (C=O) groups excluding carboxylic acids is 2. The van der Waals surface area contributed by atoms with Crippen molar-refractivity contribution in [2.75, 3.05) is 13.2 Å². The number of rotatable bonds is 4. The Morgan fingerprint density at radius 1 is 1.23 bits per heavy atom. The number of amides is 2. The number of hydrazone groups is 1. The number of hydrogen-bond acceptors (Lipinski definition) is 6. The van der Waals surface area contributed by atoms with Crippen molar-refractivity contribution >= 4 is 29.6 Å². The third kappa shape index (κ3) is 4.54. The lowest BCUT2D eigenvalue weighted by molar-refractivity contribution is -0.139. The number of halogens is 1. The first-order chi connectivity index (χ1) is 12.6. The van der Waals surface area contributed by atoms with Crippen LogP contribution in [0.25, 0.3) is 0 Å². The van der Waals surface area contributed by atoms with Gasteiger partial charge in [0.05, 0.1) is 37.3 Å². The number of benzene rings is 1. The minimum atomic E-state index is -0.895. The summed E-state index contributed by atoms with van der Waals surface area (Å²) in [6, 6.07) is 6.69. The summed E-state index contributed by atoms with van der Waals surface area (Å²) in [6.45, 7) is 1.17. The van der Waals surface area contributed by atoms with E-state index in [1.165, 1.54) is 12.5 Å². The highest BCUT2D eigenvalue weighted by Gasteiger charge is 2.15. The van der Waals surface area contributed by atoms with E-state index in [4.69, 9.17) is 25.5 Å². The number of fused-ring (bicyclic) bond motifs is 1. The highest BCUT2D eigenvalue weighted by molar-refractivity contribution is 6.35. The van der Waals surface area contributed by atoms with Crippen molar-refractivity contribution in [1.29, 1.82) is 0 Å². The fourth-order valence-electron chi connectivity index (χ4n) is 2.20. The maximum absolute atomic E-state index is 11.7. The third-order valence-corrected chi connectivity index (χ3v) is 3.69. The van der Waals surface area contributed by atoms with E-state index >= 15 is 0 Å². The molecule has 0 unspecified atom stereocenters. The van der Waals surface area contributed by atoms with Crippen molar-refractivity contribution in [3.63, 3.8) is 0 Å². The standard InChI is InChI=1S/C17H16ClN3O5/c18-13-7-11(8-14-15(13)26-6-2-5-25-14)9-20-21-17(23)16(22)19-10-12-3-1-4-24-12/h1,3-4,7-9H,2,5-6,10H2,(H,19,22)(H,21,23)/b20-9-. The van der Waals surface area contributed by atoms with Gasteiger partial charge in [0.15, 0.2) is 11.5 Å². The smallest absolute Gasteiger partial charge is 0.329 e. The van der Waals surface area contributed by atoms with Crippen LogP contribution in [0.2, 0.25) is 5.02 Å². The molecule has 0 saturated carbocycles. The molecule has 0 spiro atoms. The normalized spacial score (nSPS) is 13.3. The first-order valence-electron chi connectivity index (χ1n) is 7.86. The maximum Gasteiger partial charge on any atom is 0.329 e. The van der Waals surface area contributed by atoms with Gasteiger partial charge in [-0.2, -0.15) is 5.10 Å². The Hall–Kier alpha value is -3.00. The monoisotopic (exact) mass is 377 g/mol. The van der Waals surface area contributed by atoms with Crippen LogP contribution in [0.1, 0.15) is 17.7 Å². The van der Waals surface area contributed by atoms with Gasteiger partial charge in [0.2, 0.25) is 0 Å². The molecule has 9 heteroatoms. The summed E-state index contributed by atoms with van der Waals surface area (Å²) < 4.78 is 16.2. The van der Waals surface area contributed by atoms with Gasteiger partial charge in [-0.05, 0) is 29.8 Å². The Balaban J connectivity index is 1.56. The van der Waals surface area contributed by atoms with Gasteiger partial charge < -0.3 is 19.2 Å². The van der Waals surface area contributed by atoms with E-state index in [-0.39, 0.29) is 6.54 Å². The van der Waals surface area contributed by atoms with Crippen LogP contribution < -0.4 is 20.2 Å². The molecule has 136 valence electrons. The Morgan fingerprint density at radius 2 is 2.08 bits per heavy atom. The zero-order chi connectivity index (χ0) is 18.4. The summed E-state index contributed by atoms with van der Waals surface area (Å²) in [4.78, 5) is 23.4. The lowest BCUT2D eigenvalue weighted by Crippen LogP contribution is -2.37. The van der Waals surface area contributed by atoms with Crippen LogP contribution in [0.3, 0.4) is 0 Å². The van der Waals surface area contributed by atoms with Gasteiger partial charge in [0.1, 0.15) is 5.76 Å². The van der Waals surface area contributed by atoms with Crippen LogP contribution in [0.15, 0.2) is 40.0 Å². The van der Waals surface area contributed by atoms with Crippen molar-refractivity contribution in [1.82, 2.24) is 10.7 Å². The first kappa shape index (κ1) is 17.8. The fourth-order valence-corrected chi connectivity index (χ4v) is 2.48. The van der Waals surface area contributed by atoms with Crippen molar-refractivity contribution < 1.29 is 23.5 Å². The van der Waals surface area contributed by atoms with Crippen LogP contribution in [0.5, 0.6) is 11.5 Å². The molecule has 0 fully saturated rings. The summed E-state index contributed by atoms with van der Waals surface area (Å²) in [7, 11) is 0. The van der Waals surface area contributed by atoms with Crippen LogP contribution in [-0.2, 0) is 16.1 Å². The summed E-state index contributed by atoms with van der Waals surface area (Å²) in [5.41, 5.74) is 2.74. The molecule has 2 heterocycles. The van der Waals surface area contributed by atoms with Gasteiger partial charge in [-0.15, -0.1) is 0 Å². The lowest BCUT2D eigenvalue weighted by atomic mass is 10.2. The number of nitrogens with one attached hydrogen (secondary N) is 2. The second-order valence-electron chi connectivity index (χ2n) is 5.34. The zero-order valence-corrected chi connectivity index (χ0v) is 14.4. The fraction of sp³-hybridized carbons (Fsp3) is 0.235. The molecular weight excluding hydrogens is 362 g/mol. The van der Waals surface area contributed by atoms with E-state index in [0.29, 0.717) is 41.1 Å². The van der Waals surface area contributed by atoms with Gasteiger partial charge in [0.25, 0.3) is 0 Å². The molecule has 0 saturated heterocycles. The highest BCUT2D eigenvalue weighted by Crippen LogP contribution is 2.37. The molecule has 26 heavy (non-hydrogen) atoms.